The zero-order valence-electron chi connectivity index (χ0n) is 20.7. The van der Waals surface area contributed by atoms with Gasteiger partial charge >= 0.3 is 0 Å². The fraction of sp³-hybridized carbons (Fsp3) is 0.438. The number of rotatable bonds is 9. The van der Waals surface area contributed by atoms with E-state index in [1.165, 1.54) is 23.1 Å². The van der Waals surface area contributed by atoms with Crippen molar-refractivity contribution in [1.82, 2.24) is 0 Å². The Morgan fingerprint density at radius 3 is 2.03 bits per heavy atom. The molecule has 180 valence electrons. The van der Waals surface area contributed by atoms with Crippen molar-refractivity contribution in [3.63, 3.8) is 0 Å². The Morgan fingerprint density at radius 2 is 1.41 bits per heavy atom. The van der Waals surface area contributed by atoms with Gasteiger partial charge in [0.05, 0.1) is 0 Å². The van der Waals surface area contributed by atoms with Crippen LogP contribution in [0.5, 0.6) is 0 Å². The third-order valence-electron chi connectivity index (χ3n) is 7.76. The van der Waals surface area contributed by atoms with Crippen LogP contribution in [-0.4, -0.2) is 0 Å². The van der Waals surface area contributed by atoms with Gasteiger partial charge in [0.15, 0.2) is 0 Å². The average molecular weight is 461 g/mol. The third-order valence-corrected chi connectivity index (χ3v) is 7.76. The predicted molar refractivity (Wildman–Crippen MR) is 138 cm³/mol. The molecule has 1 saturated carbocycles. The quantitative estimate of drug-likeness (QED) is 0.298. The molecule has 2 heteroatoms. The molecule has 0 aromatic heterocycles. The van der Waals surface area contributed by atoms with Gasteiger partial charge in [0.2, 0.25) is 0 Å². The summed E-state index contributed by atoms with van der Waals surface area (Å²) in [5.74, 6) is 0.804. The van der Waals surface area contributed by atoms with E-state index in [-0.39, 0.29) is 17.2 Å². The molecule has 1 atom stereocenters. The highest BCUT2D eigenvalue weighted by atomic mass is 19.1. The van der Waals surface area contributed by atoms with E-state index in [2.05, 4.69) is 61.5 Å². The van der Waals surface area contributed by atoms with Crippen LogP contribution in [0.25, 0.3) is 0 Å². The first-order valence-corrected chi connectivity index (χ1v) is 13.1. The summed E-state index contributed by atoms with van der Waals surface area (Å²) in [6.07, 6.45) is 8.97. The summed E-state index contributed by atoms with van der Waals surface area (Å²) in [7, 11) is 0. The zero-order chi connectivity index (χ0) is 23.9. The molecule has 0 saturated heterocycles. The molecule has 34 heavy (non-hydrogen) atoms. The molecule has 0 radical (unpaired) electrons. The molecule has 1 aliphatic carbocycles. The largest absolute Gasteiger partial charge is 0.207 e. The van der Waals surface area contributed by atoms with Crippen molar-refractivity contribution in [2.24, 2.45) is 5.92 Å². The summed E-state index contributed by atoms with van der Waals surface area (Å²) in [5.41, 5.74) is 5.30. The molecule has 3 aromatic rings. The van der Waals surface area contributed by atoms with E-state index >= 15 is 0 Å². The Hall–Kier alpha value is -2.48. The standard InChI is InChI=1S/C32H38F2/c1-3-7-30-31(33)21-29(22-32(30)34)28-18-16-25(17-19-28)11-10-24-12-14-26(15-13-24)20-23(2)27-8-5-4-6-9-27/h4-6,8-9,12-15,21-23,25,28H,3,7,10-11,16-20H2,1-2H3. The van der Waals surface area contributed by atoms with Crippen LogP contribution in [0.15, 0.2) is 66.7 Å². The fourth-order valence-corrected chi connectivity index (χ4v) is 5.60. The van der Waals surface area contributed by atoms with Crippen LogP contribution in [-0.2, 0) is 19.3 Å². The highest BCUT2D eigenvalue weighted by Gasteiger charge is 2.24. The first kappa shape index (κ1) is 24.6. The van der Waals surface area contributed by atoms with Crippen LogP contribution in [0.1, 0.15) is 92.0 Å². The number of benzene rings is 3. The van der Waals surface area contributed by atoms with Gasteiger partial charge in [-0.05, 0) is 104 Å². The number of hydrogen-bond acceptors (Lipinski definition) is 0. The topological polar surface area (TPSA) is 0 Å². The van der Waals surface area contributed by atoms with Gasteiger partial charge in [-0.1, -0.05) is 74.9 Å². The van der Waals surface area contributed by atoms with Crippen molar-refractivity contribution in [3.8, 4) is 0 Å². The van der Waals surface area contributed by atoms with Gasteiger partial charge in [0, 0.05) is 5.56 Å². The Labute approximate surface area is 204 Å². The van der Waals surface area contributed by atoms with Crippen LogP contribution in [0.4, 0.5) is 8.78 Å². The Kier molecular flexibility index (Phi) is 8.53. The van der Waals surface area contributed by atoms with Crippen LogP contribution in [0, 0.1) is 17.6 Å². The average Bonchev–Trinajstić information content (AvgIpc) is 2.86. The van der Waals surface area contributed by atoms with E-state index in [9.17, 15) is 8.78 Å². The molecule has 0 bridgehead atoms. The van der Waals surface area contributed by atoms with Crippen molar-refractivity contribution in [1.29, 1.82) is 0 Å². The highest BCUT2D eigenvalue weighted by molar-refractivity contribution is 5.30. The Bertz CT molecular complexity index is 1010. The van der Waals surface area contributed by atoms with Gasteiger partial charge in [-0.2, -0.15) is 0 Å². The summed E-state index contributed by atoms with van der Waals surface area (Å²) in [4.78, 5) is 0. The monoisotopic (exact) mass is 460 g/mol. The van der Waals surface area contributed by atoms with Crippen molar-refractivity contribution in [3.05, 3.63) is 106 Å². The second kappa shape index (κ2) is 11.8. The minimum atomic E-state index is -0.361. The number of hydrogen-bond donors (Lipinski definition) is 0. The second-order valence-electron chi connectivity index (χ2n) is 10.3. The van der Waals surface area contributed by atoms with Crippen LogP contribution >= 0.6 is 0 Å². The van der Waals surface area contributed by atoms with Gasteiger partial charge in [-0.3, -0.25) is 0 Å². The molecule has 0 heterocycles. The fourth-order valence-electron chi connectivity index (χ4n) is 5.60. The van der Waals surface area contributed by atoms with E-state index in [1.54, 1.807) is 12.1 Å². The highest BCUT2D eigenvalue weighted by Crippen LogP contribution is 2.38. The number of aryl methyl sites for hydroxylation is 1. The minimum Gasteiger partial charge on any atom is -0.207 e. The predicted octanol–water partition coefficient (Wildman–Crippen LogP) is 9.17. The molecule has 0 spiro atoms. The maximum absolute atomic E-state index is 14.4. The lowest BCUT2D eigenvalue weighted by molar-refractivity contribution is 0.309. The van der Waals surface area contributed by atoms with Crippen LogP contribution < -0.4 is 0 Å². The second-order valence-corrected chi connectivity index (χ2v) is 10.3. The summed E-state index contributed by atoms with van der Waals surface area (Å²) in [6, 6.07) is 23.1. The van der Waals surface area contributed by atoms with E-state index in [0.717, 1.165) is 50.5 Å². The molecular weight excluding hydrogens is 422 g/mol. The van der Waals surface area contributed by atoms with Gasteiger partial charge < -0.3 is 0 Å². The molecule has 0 N–H and O–H groups in total. The smallest absolute Gasteiger partial charge is 0.129 e. The molecule has 1 unspecified atom stereocenters. The van der Waals surface area contributed by atoms with E-state index in [1.807, 2.05) is 6.92 Å². The molecule has 0 amide bonds. The van der Waals surface area contributed by atoms with Gasteiger partial charge in [0.25, 0.3) is 0 Å². The Balaban J connectivity index is 1.24. The summed E-state index contributed by atoms with van der Waals surface area (Å²) in [6.45, 7) is 4.25. The molecule has 1 aliphatic rings. The van der Waals surface area contributed by atoms with Crippen LogP contribution in [0.2, 0.25) is 0 Å². The minimum absolute atomic E-state index is 0.250. The maximum atomic E-state index is 14.4. The molecular formula is C32H38F2. The van der Waals surface area contributed by atoms with Gasteiger partial charge in [0.1, 0.15) is 11.6 Å². The summed E-state index contributed by atoms with van der Waals surface area (Å²) >= 11 is 0. The molecule has 0 nitrogen and oxygen atoms in total. The molecule has 1 fully saturated rings. The summed E-state index contributed by atoms with van der Waals surface area (Å²) < 4.78 is 28.8. The first-order valence-electron chi connectivity index (χ1n) is 13.1. The maximum Gasteiger partial charge on any atom is 0.129 e. The van der Waals surface area contributed by atoms with E-state index in [4.69, 9.17) is 0 Å². The van der Waals surface area contributed by atoms with Crippen molar-refractivity contribution < 1.29 is 8.78 Å². The third kappa shape index (κ3) is 6.34. The van der Waals surface area contributed by atoms with Crippen molar-refractivity contribution in [2.45, 2.75) is 83.5 Å². The zero-order valence-corrected chi connectivity index (χ0v) is 20.7. The van der Waals surface area contributed by atoms with Crippen molar-refractivity contribution in [2.75, 3.05) is 0 Å². The van der Waals surface area contributed by atoms with Crippen molar-refractivity contribution >= 4 is 0 Å². The normalized spacial score (nSPS) is 19.2. The van der Waals surface area contributed by atoms with E-state index < -0.39 is 0 Å². The molecule has 0 aliphatic heterocycles. The number of halogens is 2. The lowest BCUT2D eigenvalue weighted by Gasteiger charge is -2.29. The molecule has 3 aromatic carbocycles. The van der Waals surface area contributed by atoms with Crippen LogP contribution in [0.3, 0.4) is 0 Å². The lowest BCUT2D eigenvalue weighted by Crippen LogP contribution is -2.15. The lowest BCUT2D eigenvalue weighted by atomic mass is 9.76. The van der Waals surface area contributed by atoms with Gasteiger partial charge in [-0.15, -0.1) is 0 Å². The first-order chi connectivity index (χ1) is 16.5. The Morgan fingerprint density at radius 1 is 0.794 bits per heavy atom. The van der Waals surface area contributed by atoms with Gasteiger partial charge in [-0.25, -0.2) is 8.78 Å². The summed E-state index contributed by atoms with van der Waals surface area (Å²) in [5, 5.41) is 0. The SMILES string of the molecule is CCCc1c(F)cc(C2CCC(CCc3ccc(CC(C)c4ccccc4)cc3)CC2)cc1F. The van der Waals surface area contributed by atoms with E-state index in [0.29, 0.717) is 24.2 Å². The molecule has 4 rings (SSSR count).